The average molecular weight is 469 g/mol. The quantitative estimate of drug-likeness (QED) is 0.448. The molecule has 4 heterocycles. The van der Waals surface area contributed by atoms with Crippen molar-refractivity contribution in [3.63, 3.8) is 0 Å². The molecule has 14 heteroatoms. The normalized spacial score (nSPS) is 29.6. The Balaban J connectivity index is 1.68. The zero-order valence-corrected chi connectivity index (χ0v) is 18.4. The second kappa shape index (κ2) is 9.20. The fourth-order valence-electron chi connectivity index (χ4n) is 3.64. The molecule has 2 aromatic rings. The van der Waals surface area contributed by atoms with Crippen molar-refractivity contribution in [3.8, 4) is 0 Å². The number of hydrogen-bond donors (Lipinski definition) is 2. The number of fused-ring (bicyclic) bond motifs is 2. The van der Waals surface area contributed by atoms with Gasteiger partial charge in [-0.1, -0.05) is 13.8 Å². The molecule has 4 rings (SSSR count). The Hall–Kier alpha value is -2.44. The lowest BCUT2D eigenvalue weighted by Gasteiger charge is -2.29. The number of carbonyl (C=O) groups excluding carboxylic acids is 2. The van der Waals surface area contributed by atoms with E-state index in [1.165, 1.54) is 17.2 Å². The topological polar surface area (TPSA) is 164 Å². The molecule has 0 bridgehead atoms. The SMILES string of the molecule is CCCC(=O)Nc1ncnc2c1ncn2[C@@H]1OC2COP(=O)(O)O[C@H]2[C@H]1OC(=O)CCC. The molecule has 0 saturated carbocycles. The van der Waals surface area contributed by atoms with Crippen LogP contribution in [0.5, 0.6) is 0 Å². The van der Waals surface area contributed by atoms with Gasteiger partial charge in [-0.2, -0.15) is 0 Å². The van der Waals surface area contributed by atoms with Gasteiger partial charge in [-0.25, -0.2) is 19.5 Å². The molecule has 2 aliphatic rings. The smallest absolute Gasteiger partial charge is 0.455 e. The minimum atomic E-state index is -4.30. The number of imidazole rings is 1. The molecular formula is C18H24N5O8P. The van der Waals surface area contributed by atoms with Crippen molar-refractivity contribution in [2.75, 3.05) is 11.9 Å². The number of rotatable bonds is 7. The summed E-state index contributed by atoms with van der Waals surface area (Å²) < 4.78 is 35.1. The molecular weight excluding hydrogens is 445 g/mol. The fourth-order valence-corrected chi connectivity index (χ4v) is 4.60. The molecule has 0 aromatic carbocycles. The molecule has 0 aliphatic carbocycles. The van der Waals surface area contributed by atoms with Crippen LogP contribution in [0.25, 0.3) is 11.2 Å². The number of phosphoric ester groups is 1. The summed E-state index contributed by atoms with van der Waals surface area (Å²) in [5.74, 6) is -0.469. The second-order valence-electron chi connectivity index (χ2n) is 7.45. The van der Waals surface area contributed by atoms with Crippen LogP contribution < -0.4 is 5.32 Å². The van der Waals surface area contributed by atoms with Crippen molar-refractivity contribution in [2.24, 2.45) is 0 Å². The lowest BCUT2D eigenvalue weighted by Crippen LogP contribution is -2.41. The molecule has 5 atom stereocenters. The maximum atomic E-state index is 12.3. The van der Waals surface area contributed by atoms with E-state index in [0.717, 1.165) is 0 Å². The highest BCUT2D eigenvalue weighted by molar-refractivity contribution is 7.47. The van der Waals surface area contributed by atoms with E-state index in [1.807, 2.05) is 13.8 Å². The van der Waals surface area contributed by atoms with Gasteiger partial charge < -0.3 is 19.7 Å². The molecule has 1 amide bonds. The minimum absolute atomic E-state index is 0.161. The highest BCUT2D eigenvalue weighted by Crippen LogP contribution is 2.53. The van der Waals surface area contributed by atoms with Crippen LogP contribution in [0, 0.1) is 0 Å². The van der Waals surface area contributed by atoms with E-state index in [-0.39, 0.29) is 24.8 Å². The third-order valence-electron chi connectivity index (χ3n) is 5.03. The molecule has 0 spiro atoms. The lowest BCUT2D eigenvalue weighted by atomic mass is 10.1. The average Bonchev–Trinajstić information content (AvgIpc) is 3.30. The Morgan fingerprint density at radius 1 is 1.28 bits per heavy atom. The van der Waals surface area contributed by atoms with E-state index in [2.05, 4.69) is 20.3 Å². The minimum Gasteiger partial charge on any atom is -0.455 e. The van der Waals surface area contributed by atoms with Gasteiger partial charge in [0.2, 0.25) is 5.91 Å². The van der Waals surface area contributed by atoms with Crippen LogP contribution in [0.2, 0.25) is 0 Å². The number of phosphoric acid groups is 1. The Labute approximate surface area is 183 Å². The fraction of sp³-hybridized carbons (Fsp3) is 0.611. The first-order chi connectivity index (χ1) is 15.3. The third kappa shape index (κ3) is 4.52. The summed E-state index contributed by atoms with van der Waals surface area (Å²) in [6.45, 7) is 3.50. The summed E-state index contributed by atoms with van der Waals surface area (Å²) in [6, 6.07) is 0. The van der Waals surface area contributed by atoms with Gasteiger partial charge in [0, 0.05) is 12.8 Å². The molecule has 2 unspecified atom stereocenters. The number of amides is 1. The number of esters is 1. The van der Waals surface area contributed by atoms with E-state index in [9.17, 15) is 19.0 Å². The summed E-state index contributed by atoms with van der Waals surface area (Å²) in [5.41, 5.74) is 0.638. The number of aromatic nitrogens is 4. The lowest BCUT2D eigenvalue weighted by molar-refractivity contribution is -0.158. The van der Waals surface area contributed by atoms with Crippen molar-refractivity contribution in [1.29, 1.82) is 0 Å². The number of carbonyl (C=O) groups is 2. The van der Waals surface area contributed by atoms with E-state index in [4.69, 9.17) is 18.5 Å². The maximum absolute atomic E-state index is 12.3. The van der Waals surface area contributed by atoms with E-state index in [0.29, 0.717) is 30.4 Å². The van der Waals surface area contributed by atoms with E-state index >= 15 is 0 Å². The van der Waals surface area contributed by atoms with Gasteiger partial charge in [-0.15, -0.1) is 0 Å². The molecule has 2 aromatic heterocycles. The van der Waals surface area contributed by atoms with Crippen LogP contribution in [-0.4, -0.2) is 61.2 Å². The van der Waals surface area contributed by atoms with Gasteiger partial charge in [0.05, 0.1) is 12.9 Å². The molecule has 2 aliphatic heterocycles. The predicted molar refractivity (Wildman–Crippen MR) is 108 cm³/mol. The summed E-state index contributed by atoms with van der Waals surface area (Å²) in [6.07, 6.45) is 0.639. The van der Waals surface area contributed by atoms with Crippen molar-refractivity contribution >= 4 is 36.7 Å². The van der Waals surface area contributed by atoms with Gasteiger partial charge >= 0.3 is 13.8 Å². The monoisotopic (exact) mass is 469 g/mol. The summed E-state index contributed by atoms with van der Waals surface area (Å²) >= 11 is 0. The molecule has 32 heavy (non-hydrogen) atoms. The third-order valence-corrected chi connectivity index (χ3v) is 6.02. The Bertz CT molecular complexity index is 1060. The highest BCUT2D eigenvalue weighted by atomic mass is 31.2. The van der Waals surface area contributed by atoms with Crippen LogP contribution in [0.15, 0.2) is 12.7 Å². The number of nitrogens with zero attached hydrogens (tertiary/aromatic N) is 4. The van der Waals surface area contributed by atoms with Crippen LogP contribution in [-0.2, 0) is 32.7 Å². The number of ether oxygens (including phenoxy) is 2. The summed E-state index contributed by atoms with van der Waals surface area (Å²) in [4.78, 5) is 46.7. The Kier molecular flexibility index (Phi) is 6.54. The first-order valence-electron chi connectivity index (χ1n) is 10.3. The Morgan fingerprint density at radius 3 is 2.81 bits per heavy atom. The van der Waals surface area contributed by atoms with Gasteiger partial charge in [-0.3, -0.25) is 23.2 Å². The molecule has 13 nitrogen and oxygen atoms in total. The van der Waals surface area contributed by atoms with Crippen LogP contribution in [0.3, 0.4) is 0 Å². The molecule has 0 radical (unpaired) electrons. The van der Waals surface area contributed by atoms with Crippen molar-refractivity contribution in [1.82, 2.24) is 19.5 Å². The van der Waals surface area contributed by atoms with Gasteiger partial charge in [0.1, 0.15) is 18.5 Å². The number of anilines is 1. The number of hydrogen-bond acceptors (Lipinski definition) is 10. The van der Waals surface area contributed by atoms with Crippen LogP contribution in [0.1, 0.15) is 45.8 Å². The first-order valence-corrected chi connectivity index (χ1v) is 11.8. The molecule has 2 N–H and O–H groups in total. The van der Waals surface area contributed by atoms with Crippen molar-refractivity contribution in [2.45, 2.75) is 64.1 Å². The maximum Gasteiger partial charge on any atom is 0.472 e. The largest absolute Gasteiger partial charge is 0.472 e. The predicted octanol–water partition coefficient (Wildman–Crippen LogP) is 1.69. The first kappa shape index (κ1) is 22.7. The number of nitrogens with one attached hydrogen (secondary N) is 1. The van der Waals surface area contributed by atoms with Gasteiger partial charge in [-0.05, 0) is 12.8 Å². The molecule has 2 saturated heterocycles. The highest BCUT2D eigenvalue weighted by Gasteiger charge is 2.55. The van der Waals surface area contributed by atoms with Crippen LogP contribution in [0.4, 0.5) is 5.82 Å². The summed E-state index contributed by atoms with van der Waals surface area (Å²) in [5, 5.41) is 2.70. The van der Waals surface area contributed by atoms with E-state index < -0.39 is 38.3 Å². The second-order valence-corrected chi connectivity index (χ2v) is 8.85. The zero-order valence-electron chi connectivity index (χ0n) is 17.5. The van der Waals surface area contributed by atoms with Crippen LogP contribution >= 0.6 is 7.82 Å². The summed E-state index contributed by atoms with van der Waals surface area (Å²) in [7, 11) is -4.30. The van der Waals surface area contributed by atoms with E-state index in [1.54, 1.807) is 0 Å². The van der Waals surface area contributed by atoms with Gasteiger partial charge in [0.25, 0.3) is 0 Å². The Morgan fingerprint density at radius 2 is 2.06 bits per heavy atom. The van der Waals surface area contributed by atoms with Crippen molar-refractivity contribution < 1.29 is 37.6 Å². The standard InChI is InChI=1S/C18H24N5O8P/c1-3-5-11(24)22-16-13-17(20-8-19-16)23(9-21-13)18-15(30-12(25)6-4-2)14-10(29-18)7-28-32(26,27)31-14/h8-10,14-15,18H,3-7H2,1-2H3,(H,26,27)(H,19,20,22,24)/t10?,14-,15-,18-/m1/s1. The molecule has 2 fully saturated rings. The zero-order chi connectivity index (χ0) is 22.9. The van der Waals surface area contributed by atoms with Gasteiger partial charge in [0.15, 0.2) is 29.3 Å². The van der Waals surface area contributed by atoms with Crippen molar-refractivity contribution in [3.05, 3.63) is 12.7 Å². The molecule has 174 valence electrons.